The van der Waals surface area contributed by atoms with Crippen molar-refractivity contribution in [2.45, 2.75) is 20.3 Å². The van der Waals surface area contributed by atoms with E-state index in [0.717, 1.165) is 38.9 Å². The predicted molar refractivity (Wildman–Crippen MR) is 107 cm³/mol. The first-order chi connectivity index (χ1) is 13.2. The molecule has 1 aromatic carbocycles. The number of imidazole rings is 1. The van der Waals surface area contributed by atoms with E-state index in [-0.39, 0.29) is 6.42 Å². The van der Waals surface area contributed by atoms with Gasteiger partial charge in [-0.1, -0.05) is 0 Å². The average Bonchev–Trinajstić information content (AvgIpc) is 3.19. The lowest BCUT2D eigenvalue weighted by Crippen LogP contribution is -1.97. The molecule has 0 saturated carbocycles. The van der Waals surface area contributed by atoms with Crippen LogP contribution in [0.2, 0.25) is 0 Å². The summed E-state index contributed by atoms with van der Waals surface area (Å²) in [7, 11) is 0. The van der Waals surface area contributed by atoms with E-state index in [1.54, 1.807) is 23.7 Å². The zero-order chi connectivity index (χ0) is 18.8. The van der Waals surface area contributed by atoms with E-state index in [1.165, 1.54) is 4.88 Å². The Morgan fingerprint density at radius 2 is 2.00 bits per heavy atom. The highest BCUT2D eigenvalue weighted by atomic mass is 32.1. The maximum absolute atomic E-state index is 9.41. The molecule has 0 radical (unpaired) electrons. The van der Waals surface area contributed by atoms with E-state index in [1.807, 2.05) is 31.2 Å². The molecule has 134 valence electrons. The Morgan fingerprint density at radius 1 is 1.19 bits per heavy atom. The third-order valence-electron chi connectivity index (χ3n) is 4.36. The fraction of sp³-hybridized carbons (Fsp3) is 0.190. The highest BCUT2D eigenvalue weighted by molar-refractivity contribution is 7.17. The summed E-state index contributed by atoms with van der Waals surface area (Å²) in [5, 5.41) is 9.41. The molecule has 0 N–H and O–H groups in total. The smallest absolute Gasteiger partial charge is 0.195 e. The Balaban J connectivity index is 1.92. The van der Waals surface area contributed by atoms with Gasteiger partial charge >= 0.3 is 0 Å². The van der Waals surface area contributed by atoms with Gasteiger partial charge in [-0.2, -0.15) is 5.26 Å². The third kappa shape index (κ3) is 3.07. The quantitative estimate of drug-likeness (QED) is 0.498. The summed E-state index contributed by atoms with van der Waals surface area (Å²) < 4.78 is 7.67. The number of benzene rings is 1. The summed E-state index contributed by atoms with van der Waals surface area (Å²) in [6, 6.07) is 14.2. The van der Waals surface area contributed by atoms with Gasteiger partial charge in [0.1, 0.15) is 5.75 Å². The van der Waals surface area contributed by atoms with Crippen LogP contribution in [-0.2, 0) is 6.42 Å². The topological polar surface area (TPSA) is 63.2 Å². The first-order valence-corrected chi connectivity index (χ1v) is 9.56. The normalized spacial score (nSPS) is 10.9. The SMILES string of the molecule is CCOc1ccc(-c2c(C)sc3nc(-c4cccnc4)c(CC#N)n23)cc1. The molecular weight excluding hydrogens is 356 g/mol. The summed E-state index contributed by atoms with van der Waals surface area (Å²) >= 11 is 1.63. The molecule has 0 saturated heterocycles. The van der Waals surface area contributed by atoms with Crippen LogP contribution in [-0.4, -0.2) is 21.0 Å². The molecule has 3 heterocycles. The number of nitrogens with zero attached hydrogens (tertiary/aromatic N) is 4. The zero-order valence-electron chi connectivity index (χ0n) is 15.1. The standard InChI is InChI=1S/C21H18N4OS/c1-3-26-17-8-6-15(7-9-17)20-14(2)27-21-24-19(16-5-4-12-23-13-16)18(10-11-22)25(20)21/h4-9,12-13H,3,10H2,1-2H3. The molecule has 0 atom stereocenters. The van der Waals surface area contributed by atoms with Gasteiger partial charge in [-0.25, -0.2) is 4.98 Å². The van der Waals surface area contributed by atoms with E-state index in [2.05, 4.69) is 34.5 Å². The van der Waals surface area contributed by atoms with E-state index < -0.39 is 0 Å². The van der Waals surface area contributed by atoms with Crippen molar-refractivity contribution in [2.75, 3.05) is 6.61 Å². The fourth-order valence-corrected chi connectivity index (χ4v) is 4.26. The molecule has 27 heavy (non-hydrogen) atoms. The summed E-state index contributed by atoms with van der Waals surface area (Å²) in [4.78, 5) is 11.1. The van der Waals surface area contributed by atoms with Crippen molar-refractivity contribution < 1.29 is 4.74 Å². The van der Waals surface area contributed by atoms with Crippen LogP contribution in [0.3, 0.4) is 0 Å². The van der Waals surface area contributed by atoms with Crippen LogP contribution in [0, 0.1) is 18.3 Å². The second kappa shape index (κ2) is 7.22. The van der Waals surface area contributed by atoms with Gasteiger partial charge in [0.2, 0.25) is 0 Å². The van der Waals surface area contributed by atoms with Crippen LogP contribution >= 0.6 is 11.3 Å². The van der Waals surface area contributed by atoms with Crippen molar-refractivity contribution in [3.05, 3.63) is 59.4 Å². The molecule has 0 aliphatic carbocycles. The lowest BCUT2D eigenvalue weighted by molar-refractivity contribution is 0.340. The van der Waals surface area contributed by atoms with Gasteiger partial charge in [-0.15, -0.1) is 11.3 Å². The van der Waals surface area contributed by atoms with Gasteiger partial charge in [0.25, 0.3) is 0 Å². The number of aryl methyl sites for hydroxylation is 1. The fourth-order valence-electron chi connectivity index (χ4n) is 3.25. The van der Waals surface area contributed by atoms with Crippen LogP contribution in [0.25, 0.3) is 27.5 Å². The number of thiazole rings is 1. The zero-order valence-corrected chi connectivity index (χ0v) is 16.0. The summed E-state index contributed by atoms with van der Waals surface area (Å²) in [6.07, 6.45) is 3.81. The van der Waals surface area contributed by atoms with Gasteiger partial charge in [0.05, 0.1) is 36.2 Å². The number of aromatic nitrogens is 3. The highest BCUT2D eigenvalue weighted by Gasteiger charge is 2.21. The van der Waals surface area contributed by atoms with Crippen LogP contribution in [0.1, 0.15) is 17.5 Å². The molecule has 0 fully saturated rings. The van der Waals surface area contributed by atoms with Gasteiger partial charge < -0.3 is 4.74 Å². The maximum Gasteiger partial charge on any atom is 0.195 e. The molecule has 0 unspecified atom stereocenters. The van der Waals surface area contributed by atoms with Gasteiger partial charge in [-0.05, 0) is 55.8 Å². The lowest BCUT2D eigenvalue weighted by atomic mass is 10.1. The number of ether oxygens (including phenoxy) is 1. The summed E-state index contributed by atoms with van der Waals surface area (Å²) in [6.45, 7) is 4.70. The van der Waals surface area contributed by atoms with Crippen LogP contribution in [0.5, 0.6) is 5.75 Å². The number of hydrogen-bond donors (Lipinski definition) is 0. The minimum Gasteiger partial charge on any atom is -0.494 e. The molecule has 4 aromatic rings. The molecule has 0 bridgehead atoms. The Bertz CT molecular complexity index is 1120. The number of nitriles is 1. The predicted octanol–water partition coefficient (Wildman–Crippen LogP) is 4.90. The van der Waals surface area contributed by atoms with E-state index in [9.17, 15) is 5.26 Å². The molecule has 3 aromatic heterocycles. The summed E-state index contributed by atoms with van der Waals surface area (Å²) in [5.74, 6) is 0.851. The molecule has 0 spiro atoms. The molecule has 0 amide bonds. The van der Waals surface area contributed by atoms with E-state index in [0.29, 0.717) is 6.61 Å². The van der Waals surface area contributed by atoms with Crippen molar-refractivity contribution >= 4 is 16.3 Å². The van der Waals surface area contributed by atoms with Gasteiger partial charge in [-0.3, -0.25) is 9.38 Å². The van der Waals surface area contributed by atoms with E-state index >= 15 is 0 Å². The van der Waals surface area contributed by atoms with Crippen molar-refractivity contribution in [2.24, 2.45) is 0 Å². The Hall–Kier alpha value is -3.17. The minimum absolute atomic E-state index is 0.283. The second-order valence-electron chi connectivity index (χ2n) is 6.07. The first-order valence-electron chi connectivity index (χ1n) is 8.74. The monoisotopic (exact) mass is 374 g/mol. The first kappa shape index (κ1) is 17.3. The number of hydrogen-bond acceptors (Lipinski definition) is 5. The molecule has 4 rings (SSSR count). The highest BCUT2D eigenvalue weighted by Crippen LogP contribution is 2.36. The van der Waals surface area contributed by atoms with Gasteiger partial charge in [0, 0.05) is 22.8 Å². The number of fused-ring (bicyclic) bond motifs is 1. The summed E-state index contributed by atoms with van der Waals surface area (Å²) in [5.41, 5.74) is 4.80. The average molecular weight is 374 g/mol. The second-order valence-corrected chi connectivity index (χ2v) is 7.25. The van der Waals surface area contributed by atoms with Crippen molar-refractivity contribution in [3.63, 3.8) is 0 Å². The Kier molecular flexibility index (Phi) is 4.61. The van der Waals surface area contributed by atoms with Crippen molar-refractivity contribution in [1.82, 2.24) is 14.4 Å². The Morgan fingerprint density at radius 3 is 2.67 bits per heavy atom. The molecule has 5 nitrogen and oxygen atoms in total. The van der Waals surface area contributed by atoms with Crippen molar-refractivity contribution in [3.8, 4) is 34.3 Å². The molecule has 6 heteroatoms. The molecular formula is C21H18N4OS. The molecule has 0 aliphatic rings. The molecule has 0 aliphatic heterocycles. The van der Waals surface area contributed by atoms with Crippen LogP contribution in [0.15, 0.2) is 48.8 Å². The van der Waals surface area contributed by atoms with Crippen LogP contribution in [0.4, 0.5) is 0 Å². The minimum atomic E-state index is 0.283. The van der Waals surface area contributed by atoms with Crippen LogP contribution < -0.4 is 4.74 Å². The third-order valence-corrected chi connectivity index (χ3v) is 5.32. The number of pyridine rings is 1. The maximum atomic E-state index is 9.41. The Labute approximate surface area is 161 Å². The van der Waals surface area contributed by atoms with E-state index in [4.69, 9.17) is 9.72 Å². The lowest BCUT2D eigenvalue weighted by Gasteiger charge is -2.08. The number of rotatable bonds is 5. The van der Waals surface area contributed by atoms with Crippen molar-refractivity contribution in [1.29, 1.82) is 5.26 Å². The largest absolute Gasteiger partial charge is 0.494 e. The van der Waals surface area contributed by atoms with Gasteiger partial charge in [0.15, 0.2) is 4.96 Å².